The highest BCUT2D eigenvalue weighted by molar-refractivity contribution is 7.99. The molecule has 1 atom stereocenters. The van der Waals surface area contributed by atoms with Gasteiger partial charge in [0.15, 0.2) is 0 Å². The minimum absolute atomic E-state index is 0.0341. The highest BCUT2D eigenvalue weighted by atomic mass is 32.2. The largest absolute Gasteiger partial charge is 0.469 e. The molecule has 0 bridgehead atoms. The molecule has 1 heterocycles. The molecule has 2 N–H and O–H groups in total. The second kappa shape index (κ2) is 5.92. The van der Waals surface area contributed by atoms with E-state index in [0.717, 1.165) is 29.2 Å². The maximum Gasteiger partial charge on any atom is 0.306 e. The predicted octanol–water partition coefficient (Wildman–Crippen LogP) is 2.54. The van der Waals surface area contributed by atoms with Gasteiger partial charge in [-0.3, -0.25) is 9.78 Å². The van der Waals surface area contributed by atoms with Gasteiger partial charge in [-0.2, -0.15) is 0 Å². The first-order chi connectivity index (χ1) is 9.04. The molecular formula is C14H20N2O2S. The zero-order chi connectivity index (χ0) is 13.9. The van der Waals surface area contributed by atoms with Crippen LogP contribution in [0.5, 0.6) is 0 Å². The van der Waals surface area contributed by atoms with Gasteiger partial charge in [-0.05, 0) is 37.3 Å². The van der Waals surface area contributed by atoms with E-state index in [0.29, 0.717) is 6.42 Å². The van der Waals surface area contributed by atoms with Crippen molar-refractivity contribution in [2.24, 2.45) is 11.1 Å². The SMILES string of the molecule is COC(=O)CC1(CSc2ccc([C@@H](C)N)nc2)CC1. The number of pyridine rings is 1. The quantitative estimate of drug-likeness (QED) is 0.641. The molecule has 1 aliphatic carbocycles. The van der Waals surface area contributed by atoms with Gasteiger partial charge in [0.2, 0.25) is 0 Å². The minimum atomic E-state index is -0.108. The van der Waals surface area contributed by atoms with E-state index in [9.17, 15) is 4.79 Å². The van der Waals surface area contributed by atoms with Crippen molar-refractivity contribution in [3.8, 4) is 0 Å². The lowest BCUT2D eigenvalue weighted by atomic mass is 10.1. The zero-order valence-corrected chi connectivity index (χ0v) is 12.2. The van der Waals surface area contributed by atoms with Crippen molar-refractivity contribution < 1.29 is 9.53 Å². The fourth-order valence-electron chi connectivity index (χ4n) is 1.91. The van der Waals surface area contributed by atoms with Crippen molar-refractivity contribution in [3.05, 3.63) is 24.0 Å². The van der Waals surface area contributed by atoms with Crippen molar-refractivity contribution in [2.75, 3.05) is 12.9 Å². The fraction of sp³-hybridized carbons (Fsp3) is 0.571. The molecule has 19 heavy (non-hydrogen) atoms. The number of hydrogen-bond acceptors (Lipinski definition) is 5. The second-order valence-corrected chi connectivity index (χ2v) is 6.30. The number of ether oxygens (including phenoxy) is 1. The van der Waals surface area contributed by atoms with E-state index in [4.69, 9.17) is 10.5 Å². The summed E-state index contributed by atoms with van der Waals surface area (Å²) >= 11 is 1.75. The lowest BCUT2D eigenvalue weighted by molar-refractivity contribution is -0.141. The number of nitrogens with zero attached hydrogens (tertiary/aromatic N) is 1. The average Bonchev–Trinajstić information content (AvgIpc) is 3.17. The van der Waals surface area contributed by atoms with E-state index < -0.39 is 0 Å². The number of hydrogen-bond donors (Lipinski definition) is 1. The van der Waals surface area contributed by atoms with Gasteiger partial charge in [0, 0.05) is 22.9 Å². The summed E-state index contributed by atoms with van der Waals surface area (Å²) in [5.41, 5.74) is 6.82. The number of carbonyl (C=O) groups is 1. The van der Waals surface area contributed by atoms with Crippen LogP contribution >= 0.6 is 11.8 Å². The summed E-state index contributed by atoms with van der Waals surface area (Å²) in [6, 6.07) is 3.98. The number of aromatic nitrogens is 1. The number of rotatable bonds is 6. The number of methoxy groups -OCH3 is 1. The van der Waals surface area contributed by atoms with Gasteiger partial charge in [-0.25, -0.2) is 0 Å². The van der Waals surface area contributed by atoms with Crippen LogP contribution in [0, 0.1) is 5.41 Å². The first-order valence-electron chi connectivity index (χ1n) is 6.46. The smallest absolute Gasteiger partial charge is 0.306 e. The molecule has 0 unspecified atom stereocenters. The van der Waals surface area contributed by atoms with E-state index in [1.165, 1.54) is 7.11 Å². The first kappa shape index (κ1) is 14.3. The number of nitrogens with two attached hydrogens (primary N) is 1. The Morgan fingerprint density at radius 1 is 1.58 bits per heavy atom. The fourth-order valence-corrected chi connectivity index (χ4v) is 3.07. The first-order valence-corrected chi connectivity index (χ1v) is 7.44. The molecule has 0 aromatic carbocycles. The monoisotopic (exact) mass is 280 g/mol. The third-order valence-electron chi connectivity index (χ3n) is 3.47. The van der Waals surface area contributed by atoms with Crippen LogP contribution in [0.1, 0.15) is 37.9 Å². The zero-order valence-electron chi connectivity index (χ0n) is 11.4. The highest BCUT2D eigenvalue weighted by Gasteiger charge is 2.44. The van der Waals surface area contributed by atoms with E-state index >= 15 is 0 Å². The normalized spacial score (nSPS) is 17.8. The van der Waals surface area contributed by atoms with Gasteiger partial charge in [0.05, 0.1) is 19.2 Å². The van der Waals surface area contributed by atoms with Crippen LogP contribution in [-0.4, -0.2) is 23.8 Å². The van der Waals surface area contributed by atoms with Crippen LogP contribution in [0.2, 0.25) is 0 Å². The molecular weight excluding hydrogens is 260 g/mol. The molecule has 4 nitrogen and oxygen atoms in total. The molecule has 0 radical (unpaired) electrons. The van der Waals surface area contributed by atoms with Crippen LogP contribution in [0.25, 0.3) is 0 Å². The Balaban J connectivity index is 1.87. The number of thioether (sulfide) groups is 1. The van der Waals surface area contributed by atoms with E-state index in [2.05, 4.69) is 4.98 Å². The summed E-state index contributed by atoms with van der Waals surface area (Å²) in [7, 11) is 1.45. The highest BCUT2D eigenvalue weighted by Crippen LogP contribution is 2.52. The maximum atomic E-state index is 11.3. The topological polar surface area (TPSA) is 65.2 Å². The number of esters is 1. The summed E-state index contributed by atoms with van der Waals surface area (Å²) < 4.78 is 4.75. The average molecular weight is 280 g/mol. The lowest BCUT2D eigenvalue weighted by Gasteiger charge is -2.13. The molecule has 0 saturated heterocycles. The van der Waals surface area contributed by atoms with E-state index in [1.54, 1.807) is 11.8 Å². The molecule has 1 aromatic rings. The molecule has 0 spiro atoms. The Hall–Kier alpha value is -1.07. The third kappa shape index (κ3) is 3.94. The van der Waals surface area contributed by atoms with Gasteiger partial charge in [0.25, 0.3) is 0 Å². The molecule has 1 aliphatic rings. The minimum Gasteiger partial charge on any atom is -0.469 e. The van der Waals surface area contributed by atoms with Gasteiger partial charge in [-0.1, -0.05) is 0 Å². The summed E-state index contributed by atoms with van der Waals surface area (Å²) in [4.78, 5) is 16.8. The summed E-state index contributed by atoms with van der Waals surface area (Å²) in [6.45, 7) is 1.92. The van der Waals surface area contributed by atoms with Crippen molar-refractivity contribution in [3.63, 3.8) is 0 Å². The molecule has 1 saturated carbocycles. The Morgan fingerprint density at radius 3 is 2.79 bits per heavy atom. The molecule has 2 rings (SSSR count). The third-order valence-corrected chi connectivity index (χ3v) is 4.81. The van der Waals surface area contributed by atoms with Gasteiger partial charge in [-0.15, -0.1) is 11.8 Å². The summed E-state index contributed by atoms with van der Waals surface area (Å²) in [6.07, 6.45) is 4.61. The van der Waals surface area contributed by atoms with Gasteiger partial charge < -0.3 is 10.5 Å². The molecule has 5 heteroatoms. The van der Waals surface area contributed by atoms with Gasteiger partial charge in [0.1, 0.15) is 0 Å². The van der Waals surface area contributed by atoms with Crippen molar-refractivity contribution in [1.82, 2.24) is 4.98 Å². The van der Waals surface area contributed by atoms with Crippen molar-refractivity contribution >= 4 is 17.7 Å². The Morgan fingerprint density at radius 2 is 2.32 bits per heavy atom. The lowest BCUT2D eigenvalue weighted by Crippen LogP contribution is -2.13. The molecule has 104 valence electrons. The van der Waals surface area contributed by atoms with Crippen LogP contribution < -0.4 is 5.73 Å². The Kier molecular flexibility index (Phi) is 4.47. The summed E-state index contributed by atoms with van der Waals surface area (Å²) in [5.74, 6) is 0.838. The van der Waals surface area contributed by atoms with E-state index in [-0.39, 0.29) is 17.4 Å². The van der Waals surface area contributed by atoms with Crippen LogP contribution in [0.3, 0.4) is 0 Å². The predicted molar refractivity (Wildman–Crippen MR) is 75.9 cm³/mol. The molecule has 1 aromatic heterocycles. The van der Waals surface area contributed by atoms with E-state index in [1.807, 2.05) is 25.3 Å². The second-order valence-electron chi connectivity index (χ2n) is 5.25. The van der Waals surface area contributed by atoms with Gasteiger partial charge >= 0.3 is 5.97 Å². The standard InChI is InChI=1S/C14H20N2O2S/c1-10(15)12-4-3-11(8-16-12)19-9-14(5-6-14)7-13(17)18-2/h3-4,8,10H,5-7,9,15H2,1-2H3/t10-/m1/s1. The van der Waals surface area contributed by atoms with Crippen molar-refractivity contribution in [1.29, 1.82) is 0 Å². The Labute approximate surface area is 118 Å². The van der Waals surface area contributed by atoms with Crippen LogP contribution in [0.15, 0.2) is 23.2 Å². The van der Waals surface area contributed by atoms with Crippen LogP contribution in [0.4, 0.5) is 0 Å². The molecule has 0 amide bonds. The van der Waals surface area contributed by atoms with Crippen LogP contribution in [-0.2, 0) is 9.53 Å². The Bertz CT molecular complexity index is 441. The van der Waals surface area contributed by atoms with Crippen molar-refractivity contribution in [2.45, 2.75) is 37.1 Å². The number of carbonyl (C=O) groups excluding carboxylic acids is 1. The summed E-state index contributed by atoms with van der Waals surface area (Å²) in [5, 5.41) is 0. The molecule has 1 fully saturated rings. The molecule has 0 aliphatic heterocycles. The maximum absolute atomic E-state index is 11.3.